The molecule has 1 heterocycles. The molecule has 1 aromatic heterocycles. The molecule has 0 bridgehead atoms. The van der Waals surface area contributed by atoms with Gasteiger partial charge in [0.1, 0.15) is 5.82 Å². The summed E-state index contributed by atoms with van der Waals surface area (Å²) in [5.74, 6) is -0.908. The number of carbonyl (C=O) groups excluding carboxylic acids is 1. The molecule has 2 aromatic rings. The lowest BCUT2D eigenvalue weighted by atomic mass is 10.2. The minimum absolute atomic E-state index is 0.0841. The second-order valence-electron chi connectivity index (χ2n) is 5.29. The quantitative estimate of drug-likeness (QED) is 0.524. The number of benzene rings is 1. The van der Waals surface area contributed by atoms with Crippen molar-refractivity contribution in [2.45, 2.75) is 30.7 Å². The van der Waals surface area contributed by atoms with Crippen LogP contribution in [0.15, 0.2) is 28.2 Å². The summed E-state index contributed by atoms with van der Waals surface area (Å²) in [5, 5.41) is 11.3. The maximum absolute atomic E-state index is 13.1. The van der Waals surface area contributed by atoms with Crippen LogP contribution in [-0.2, 0) is 11.2 Å². The number of carbonyl (C=O) groups is 1. The van der Waals surface area contributed by atoms with Crippen LogP contribution in [0.2, 0.25) is 5.02 Å². The van der Waals surface area contributed by atoms with E-state index in [1.165, 1.54) is 12.1 Å². The van der Waals surface area contributed by atoms with Crippen molar-refractivity contribution in [2.24, 2.45) is 0 Å². The van der Waals surface area contributed by atoms with Crippen LogP contribution >= 0.6 is 23.4 Å². The molecule has 1 amide bonds. The fourth-order valence-electron chi connectivity index (χ4n) is 2.09. The number of anilines is 1. The normalized spacial score (nSPS) is 12.0. The third-order valence-electron chi connectivity index (χ3n) is 3.41. The van der Waals surface area contributed by atoms with E-state index < -0.39 is 11.1 Å². The average Bonchev–Trinajstić information content (AvgIpc) is 2.54. The SMILES string of the molecule is Cc1nc(S[C@H](C)C(=O)Nc2ccc(F)c(Cl)c2)[nH]c(=O)c1CCO. The van der Waals surface area contributed by atoms with Gasteiger partial charge in [0.25, 0.3) is 5.56 Å². The van der Waals surface area contributed by atoms with Crippen molar-refractivity contribution in [3.8, 4) is 0 Å². The molecular weight excluding hydrogens is 369 g/mol. The first kappa shape index (κ1) is 19.4. The highest BCUT2D eigenvalue weighted by atomic mass is 35.5. The number of H-pyrrole nitrogens is 1. The van der Waals surface area contributed by atoms with Gasteiger partial charge in [-0.2, -0.15) is 0 Å². The fraction of sp³-hybridized carbons (Fsp3) is 0.312. The molecule has 1 aromatic carbocycles. The Kier molecular flexibility index (Phi) is 6.57. The van der Waals surface area contributed by atoms with E-state index in [-0.39, 0.29) is 29.5 Å². The van der Waals surface area contributed by atoms with Crippen molar-refractivity contribution >= 4 is 35.0 Å². The number of hydrogen-bond donors (Lipinski definition) is 3. The molecule has 25 heavy (non-hydrogen) atoms. The Bertz CT molecular complexity index is 844. The number of aliphatic hydroxyl groups is 1. The maximum Gasteiger partial charge on any atom is 0.255 e. The summed E-state index contributed by atoms with van der Waals surface area (Å²) >= 11 is 6.77. The number of aliphatic hydroxyl groups excluding tert-OH is 1. The second-order valence-corrected chi connectivity index (χ2v) is 7.02. The Labute approximate surface area is 152 Å². The summed E-state index contributed by atoms with van der Waals surface area (Å²) < 4.78 is 13.1. The van der Waals surface area contributed by atoms with Gasteiger partial charge in [-0.3, -0.25) is 9.59 Å². The Balaban J connectivity index is 2.08. The molecule has 0 fully saturated rings. The van der Waals surface area contributed by atoms with Gasteiger partial charge in [-0.05, 0) is 32.0 Å². The highest BCUT2D eigenvalue weighted by molar-refractivity contribution is 8.00. The van der Waals surface area contributed by atoms with Crippen LogP contribution in [0.4, 0.5) is 10.1 Å². The van der Waals surface area contributed by atoms with E-state index in [4.69, 9.17) is 16.7 Å². The van der Waals surface area contributed by atoms with E-state index in [0.717, 1.165) is 17.8 Å². The Morgan fingerprint density at radius 1 is 1.52 bits per heavy atom. The summed E-state index contributed by atoms with van der Waals surface area (Å²) in [7, 11) is 0. The van der Waals surface area contributed by atoms with Crippen molar-refractivity contribution in [2.75, 3.05) is 11.9 Å². The van der Waals surface area contributed by atoms with Gasteiger partial charge < -0.3 is 15.4 Å². The molecule has 134 valence electrons. The lowest BCUT2D eigenvalue weighted by Gasteiger charge is -2.12. The second kappa shape index (κ2) is 8.46. The summed E-state index contributed by atoms with van der Waals surface area (Å²) in [6, 6.07) is 3.89. The molecule has 0 saturated carbocycles. The maximum atomic E-state index is 13.1. The third kappa shape index (κ3) is 5.04. The van der Waals surface area contributed by atoms with Crippen LogP contribution < -0.4 is 10.9 Å². The van der Waals surface area contributed by atoms with E-state index in [1.54, 1.807) is 13.8 Å². The van der Waals surface area contributed by atoms with Crippen LogP contribution in [-0.4, -0.2) is 32.8 Å². The molecule has 1 atom stereocenters. The minimum Gasteiger partial charge on any atom is -0.396 e. The van der Waals surface area contributed by atoms with Gasteiger partial charge >= 0.3 is 0 Å². The topological polar surface area (TPSA) is 95.1 Å². The van der Waals surface area contributed by atoms with Gasteiger partial charge in [-0.1, -0.05) is 23.4 Å². The van der Waals surface area contributed by atoms with Gasteiger partial charge in [0.2, 0.25) is 5.91 Å². The summed E-state index contributed by atoms with van der Waals surface area (Å²) in [6.07, 6.45) is 0.223. The molecule has 0 spiro atoms. The lowest BCUT2D eigenvalue weighted by molar-refractivity contribution is -0.115. The molecule has 0 unspecified atom stereocenters. The number of aromatic nitrogens is 2. The highest BCUT2D eigenvalue weighted by Gasteiger charge is 2.18. The number of aryl methyl sites for hydroxylation is 1. The van der Waals surface area contributed by atoms with Crippen LogP contribution in [0.5, 0.6) is 0 Å². The molecule has 0 aliphatic carbocycles. The molecule has 0 saturated heterocycles. The number of thioether (sulfide) groups is 1. The number of halogens is 2. The summed E-state index contributed by atoms with van der Waals surface area (Å²) in [6.45, 7) is 3.19. The predicted octanol–water partition coefficient (Wildman–Crippen LogP) is 2.52. The number of nitrogens with zero attached hydrogens (tertiary/aromatic N) is 1. The molecule has 9 heteroatoms. The zero-order valence-corrected chi connectivity index (χ0v) is 15.2. The van der Waals surface area contributed by atoms with Gasteiger partial charge in [0, 0.05) is 30.0 Å². The van der Waals surface area contributed by atoms with Crippen LogP contribution in [0.3, 0.4) is 0 Å². The first-order valence-corrected chi connectivity index (χ1v) is 8.70. The van der Waals surface area contributed by atoms with Gasteiger partial charge in [0.05, 0.1) is 10.3 Å². The van der Waals surface area contributed by atoms with Crippen LogP contribution in [0.1, 0.15) is 18.2 Å². The summed E-state index contributed by atoms with van der Waals surface area (Å²) in [4.78, 5) is 31.1. The van der Waals surface area contributed by atoms with Crippen LogP contribution in [0, 0.1) is 12.7 Å². The fourth-order valence-corrected chi connectivity index (χ4v) is 3.11. The van der Waals surface area contributed by atoms with Crippen molar-refractivity contribution < 1.29 is 14.3 Å². The number of aromatic amines is 1. The Morgan fingerprint density at radius 2 is 2.24 bits per heavy atom. The van der Waals surface area contributed by atoms with Crippen molar-refractivity contribution in [3.63, 3.8) is 0 Å². The molecule has 3 N–H and O–H groups in total. The largest absolute Gasteiger partial charge is 0.396 e. The predicted molar refractivity (Wildman–Crippen MR) is 95.7 cm³/mol. The summed E-state index contributed by atoms with van der Waals surface area (Å²) in [5.41, 5.74) is 0.977. The number of amides is 1. The van der Waals surface area contributed by atoms with E-state index in [2.05, 4.69) is 15.3 Å². The average molecular weight is 386 g/mol. The smallest absolute Gasteiger partial charge is 0.255 e. The van der Waals surface area contributed by atoms with Gasteiger partial charge in [-0.15, -0.1) is 0 Å². The van der Waals surface area contributed by atoms with Gasteiger partial charge in [-0.25, -0.2) is 9.37 Å². The number of nitrogens with one attached hydrogen (secondary N) is 2. The van der Waals surface area contributed by atoms with Crippen molar-refractivity contribution in [1.82, 2.24) is 9.97 Å². The van der Waals surface area contributed by atoms with E-state index in [0.29, 0.717) is 22.1 Å². The molecule has 0 radical (unpaired) electrons. The molecule has 0 aliphatic heterocycles. The number of rotatable bonds is 6. The molecule has 0 aliphatic rings. The molecule has 2 rings (SSSR count). The Morgan fingerprint density at radius 3 is 2.84 bits per heavy atom. The van der Waals surface area contributed by atoms with E-state index in [9.17, 15) is 14.0 Å². The monoisotopic (exact) mass is 385 g/mol. The molecule has 6 nitrogen and oxygen atoms in total. The zero-order chi connectivity index (χ0) is 18.6. The molecular formula is C16H17ClFN3O3S. The van der Waals surface area contributed by atoms with Crippen molar-refractivity contribution in [1.29, 1.82) is 0 Å². The van der Waals surface area contributed by atoms with Crippen molar-refractivity contribution in [3.05, 3.63) is 50.7 Å². The van der Waals surface area contributed by atoms with Crippen LogP contribution in [0.25, 0.3) is 0 Å². The first-order chi connectivity index (χ1) is 11.8. The highest BCUT2D eigenvalue weighted by Crippen LogP contribution is 2.23. The van der Waals surface area contributed by atoms with E-state index in [1.807, 2.05) is 0 Å². The minimum atomic E-state index is -0.567. The third-order valence-corrected chi connectivity index (χ3v) is 4.68. The lowest BCUT2D eigenvalue weighted by Crippen LogP contribution is -2.24. The van der Waals surface area contributed by atoms with Gasteiger partial charge in [0.15, 0.2) is 5.16 Å². The zero-order valence-electron chi connectivity index (χ0n) is 13.6. The standard InChI is InChI=1S/C16H17ClFN3O3S/c1-8-11(5-6-22)15(24)21-16(19-8)25-9(2)14(23)20-10-3-4-13(18)12(17)7-10/h3-4,7,9,22H,5-6H2,1-2H3,(H,20,23)(H,19,21,24)/t9-/m1/s1. The Hall–Kier alpha value is -1.90. The first-order valence-electron chi connectivity index (χ1n) is 7.45. The number of hydrogen-bond acceptors (Lipinski definition) is 5. The van der Waals surface area contributed by atoms with E-state index >= 15 is 0 Å².